The van der Waals surface area contributed by atoms with Gasteiger partial charge in [0.25, 0.3) is 0 Å². The SMILES string of the molecule is CCCCOC(=O)Oc1ccc(-c2ccc(-c3ccc(CCC)c(F)c3F)cc2)cc1. The molecule has 0 aliphatic heterocycles. The van der Waals surface area contributed by atoms with Crippen LogP contribution < -0.4 is 4.74 Å². The molecular weight excluding hydrogens is 398 g/mol. The topological polar surface area (TPSA) is 35.5 Å². The van der Waals surface area contributed by atoms with E-state index in [4.69, 9.17) is 9.47 Å². The number of carbonyl (C=O) groups is 1. The van der Waals surface area contributed by atoms with Crippen LogP contribution in [0.1, 0.15) is 38.7 Å². The van der Waals surface area contributed by atoms with Crippen LogP contribution in [0, 0.1) is 11.6 Å². The molecule has 0 saturated heterocycles. The molecule has 3 nitrogen and oxygen atoms in total. The van der Waals surface area contributed by atoms with Gasteiger partial charge in [-0.3, -0.25) is 0 Å². The van der Waals surface area contributed by atoms with Gasteiger partial charge in [-0.05, 0) is 47.2 Å². The summed E-state index contributed by atoms with van der Waals surface area (Å²) in [5.74, 6) is -1.19. The number of ether oxygens (including phenoxy) is 2. The average molecular weight is 424 g/mol. The van der Waals surface area contributed by atoms with E-state index in [2.05, 4.69) is 0 Å². The highest BCUT2D eigenvalue weighted by atomic mass is 19.2. The summed E-state index contributed by atoms with van der Waals surface area (Å²) in [5.41, 5.74) is 3.07. The minimum absolute atomic E-state index is 0.245. The van der Waals surface area contributed by atoms with Crippen molar-refractivity contribution < 1.29 is 23.0 Å². The summed E-state index contributed by atoms with van der Waals surface area (Å²) in [5, 5.41) is 0. The number of hydrogen-bond acceptors (Lipinski definition) is 3. The number of rotatable bonds is 8. The van der Waals surface area contributed by atoms with Crippen LogP contribution in [0.25, 0.3) is 22.3 Å². The molecule has 0 spiro atoms. The van der Waals surface area contributed by atoms with E-state index in [0.29, 0.717) is 29.9 Å². The Morgan fingerprint density at radius 1 is 0.774 bits per heavy atom. The van der Waals surface area contributed by atoms with Crippen LogP contribution in [0.15, 0.2) is 60.7 Å². The molecule has 0 N–H and O–H groups in total. The van der Waals surface area contributed by atoms with Gasteiger partial charge >= 0.3 is 6.16 Å². The maximum Gasteiger partial charge on any atom is 0.513 e. The number of carbonyl (C=O) groups excluding carboxylic acids is 1. The Labute approximate surface area is 181 Å². The van der Waals surface area contributed by atoms with Crippen molar-refractivity contribution in [2.45, 2.75) is 39.5 Å². The largest absolute Gasteiger partial charge is 0.513 e. The second-order valence-electron chi connectivity index (χ2n) is 7.31. The van der Waals surface area contributed by atoms with Crippen LogP contribution >= 0.6 is 0 Å². The van der Waals surface area contributed by atoms with E-state index in [1.807, 2.05) is 38.1 Å². The molecule has 0 amide bonds. The number of hydrogen-bond donors (Lipinski definition) is 0. The van der Waals surface area contributed by atoms with Crippen molar-refractivity contribution in [2.24, 2.45) is 0 Å². The molecule has 5 heteroatoms. The van der Waals surface area contributed by atoms with Gasteiger partial charge in [0.05, 0.1) is 6.61 Å². The fraction of sp³-hybridized carbons (Fsp3) is 0.269. The van der Waals surface area contributed by atoms with E-state index in [9.17, 15) is 13.6 Å². The fourth-order valence-electron chi connectivity index (χ4n) is 3.26. The maximum absolute atomic E-state index is 14.5. The number of aryl methyl sites for hydroxylation is 1. The number of benzene rings is 3. The Morgan fingerprint density at radius 3 is 2.00 bits per heavy atom. The first-order valence-corrected chi connectivity index (χ1v) is 10.6. The standard InChI is InChI=1S/C26H26F2O3/c1-3-5-17-30-26(29)31-22-14-11-19(12-15-22)18-7-9-20(10-8-18)23-16-13-21(6-4-2)24(27)25(23)28/h7-16H,3-6,17H2,1-2H3. The van der Waals surface area contributed by atoms with Gasteiger partial charge < -0.3 is 9.47 Å². The summed E-state index contributed by atoms with van der Waals surface area (Å²) < 4.78 is 38.9. The third-order valence-corrected chi connectivity index (χ3v) is 4.98. The lowest BCUT2D eigenvalue weighted by Gasteiger charge is -2.10. The lowest BCUT2D eigenvalue weighted by atomic mass is 9.98. The zero-order chi connectivity index (χ0) is 22.2. The molecule has 3 rings (SSSR count). The molecule has 3 aromatic rings. The van der Waals surface area contributed by atoms with Crippen molar-refractivity contribution in [1.82, 2.24) is 0 Å². The van der Waals surface area contributed by atoms with E-state index in [1.54, 1.807) is 36.4 Å². The summed E-state index contributed by atoms with van der Waals surface area (Å²) in [4.78, 5) is 11.6. The minimum Gasteiger partial charge on any atom is -0.434 e. The molecule has 31 heavy (non-hydrogen) atoms. The normalized spacial score (nSPS) is 10.7. The molecule has 0 heterocycles. The lowest BCUT2D eigenvalue weighted by molar-refractivity contribution is 0.0978. The molecule has 162 valence electrons. The van der Waals surface area contributed by atoms with Crippen LogP contribution in [0.4, 0.5) is 13.6 Å². The predicted octanol–water partition coefficient (Wildman–Crippen LogP) is 7.57. The van der Waals surface area contributed by atoms with E-state index in [-0.39, 0.29) is 5.56 Å². The second kappa shape index (κ2) is 10.7. The smallest absolute Gasteiger partial charge is 0.434 e. The Morgan fingerprint density at radius 2 is 1.39 bits per heavy atom. The zero-order valence-electron chi connectivity index (χ0n) is 17.8. The van der Waals surface area contributed by atoms with Crippen molar-refractivity contribution in [3.05, 3.63) is 77.9 Å². The Bertz CT molecular complexity index is 1010. The van der Waals surface area contributed by atoms with E-state index in [0.717, 1.165) is 30.4 Å². The molecule has 0 aliphatic rings. The Balaban J connectivity index is 1.70. The predicted molar refractivity (Wildman–Crippen MR) is 118 cm³/mol. The third-order valence-electron chi connectivity index (χ3n) is 4.98. The first-order chi connectivity index (χ1) is 15.0. The van der Waals surface area contributed by atoms with Crippen molar-refractivity contribution in [3.8, 4) is 28.0 Å². The van der Waals surface area contributed by atoms with Gasteiger partial charge in [0.15, 0.2) is 11.6 Å². The number of unbranched alkanes of at least 4 members (excludes halogenated alkanes) is 1. The third kappa shape index (κ3) is 5.69. The maximum atomic E-state index is 14.5. The molecule has 0 unspecified atom stereocenters. The minimum atomic E-state index is -0.814. The van der Waals surface area contributed by atoms with E-state index >= 15 is 0 Å². The number of halogens is 2. The van der Waals surface area contributed by atoms with Crippen molar-refractivity contribution in [3.63, 3.8) is 0 Å². The van der Waals surface area contributed by atoms with E-state index < -0.39 is 17.8 Å². The van der Waals surface area contributed by atoms with Gasteiger partial charge in [-0.15, -0.1) is 0 Å². The van der Waals surface area contributed by atoms with Crippen LogP contribution in [0.2, 0.25) is 0 Å². The zero-order valence-corrected chi connectivity index (χ0v) is 17.8. The Hall–Kier alpha value is -3.21. The van der Waals surface area contributed by atoms with Crippen molar-refractivity contribution in [2.75, 3.05) is 6.61 Å². The first-order valence-electron chi connectivity index (χ1n) is 10.6. The lowest BCUT2D eigenvalue weighted by Crippen LogP contribution is -2.11. The monoisotopic (exact) mass is 424 g/mol. The van der Waals surface area contributed by atoms with Gasteiger partial charge in [0, 0.05) is 5.56 Å². The summed E-state index contributed by atoms with van der Waals surface area (Å²) in [7, 11) is 0. The van der Waals surface area contributed by atoms with Crippen LogP contribution in [-0.2, 0) is 11.2 Å². The van der Waals surface area contributed by atoms with Gasteiger partial charge in [-0.25, -0.2) is 13.6 Å². The molecule has 0 aliphatic carbocycles. The molecule has 0 bridgehead atoms. The van der Waals surface area contributed by atoms with Gasteiger partial charge in [-0.2, -0.15) is 0 Å². The molecule has 0 aromatic heterocycles. The van der Waals surface area contributed by atoms with Crippen molar-refractivity contribution >= 4 is 6.16 Å². The van der Waals surface area contributed by atoms with Crippen LogP contribution in [-0.4, -0.2) is 12.8 Å². The average Bonchev–Trinajstić information content (AvgIpc) is 2.78. The summed E-state index contributed by atoms with van der Waals surface area (Å²) in [6.07, 6.45) is 2.28. The van der Waals surface area contributed by atoms with Gasteiger partial charge in [-0.1, -0.05) is 75.2 Å². The fourth-order valence-corrected chi connectivity index (χ4v) is 3.26. The highest BCUT2D eigenvalue weighted by Gasteiger charge is 2.14. The highest BCUT2D eigenvalue weighted by Crippen LogP contribution is 2.30. The highest BCUT2D eigenvalue weighted by molar-refractivity contribution is 5.72. The quantitative estimate of drug-likeness (QED) is 0.213. The molecule has 0 atom stereocenters. The molecule has 0 saturated carbocycles. The second-order valence-corrected chi connectivity index (χ2v) is 7.31. The van der Waals surface area contributed by atoms with Gasteiger partial charge in [0.1, 0.15) is 5.75 Å². The molecule has 0 fully saturated rings. The summed E-state index contributed by atoms with van der Waals surface area (Å²) >= 11 is 0. The van der Waals surface area contributed by atoms with Gasteiger partial charge in [0.2, 0.25) is 0 Å². The Kier molecular flexibility index (Phi) is 7.76. The van der Waals surface area contributed by atoms with Crippen LogP contribution in [0.5, 0.6) is 5.75 Å². The summed E-state index contributed by atoms with van der Waals surface area (Å²) in [6, 6.07) is 17.5. The molecular formula is C26H26F2O3. The summed E-state index contributed by atoms with van der Waals surface area (Å²) in [6.45, 7) is 4.28. The van der Waals surface area contributed by atoms with E-state index in [1.165, 1.54) is 0 Å². The molecule has 3 aromatic carbocycles. The van der Waals surface area contributed by atoms with Crippen LogP contribution in [0.3, 0.4) is 0 Å². The molecule has 0 radical (unpaired) electrons. The van der Waals surface area contributed by atoms with Crippen molar-refractivity contribution in [1.29, 1.82) is 0 Å². The first kappa shape index (κ1) is 22.5.